The van der Waals surface area contributed by atoms with Crippen LogP contribution >= 0.6 is 0 Å². The molecule has 138 valence electrons. The van der Waals surface area contributed by atoms with Crippen molar-refractivity contribution >= 4 is 11.9 Å². The van der Waals surface area contributed by atoms with Crippen LogP contribution in [0.3, 0.4) is 0 Å². The molecule has 0 saturated carbocycles. The summed E-state index contributed by atoms with van der Waals surface area (Å²) in [4.78, 5) is 34.1. The fraction of sp³-hybridized carbons (Fsp3) is 0.333. The molecule has 0 amide bonds. The molecule has 0 saturated heterocycles. The van der Waals surface area contributed by atoms with Gasteiger partial charge in [-0.25, -0.2) is 4.79 Å². The highest BCUT2D eigenvalue weighted by atomic mass is 17.2. The van der Waals surface area contributed by atoms with E-state index in [0.29, 0.717) is 16.7 Å². The number of ketones is 1. The van der Waals surface area contributed by atoms with Gasteiger partial charge in [0, 0.05) is 11.1 Å². The zero-order valence-corrected chi connectivity index (χ0v) is 15.7. The van der Waals surface area contributed by atoms with E-state index >= 15 is 0 Å². The van der Waals surface area contributed by atoms with Crippen molar-refractivity contribution in [3.05, 3.63) is 71.3 Å². The number of hydrogen-bond acceptors (Lipinski definition) is 5. The lowest BCUT2D eigenvalue weighted by molar-refractivity contribution is -0.316. The third-order valence-electron chi connectivity index (χ3n) is 3.55. The number of hydrogen-bond donors (Lipinski definition) is 0. The Morgan fingerprint density at radius 1 is 0.808 bits per heavy atom. The molecule has 0 atom stereocenters. The van der Waals surface area contributed by atoms with Crippen LogP contribution in [0.25, 0.3) is 0 Å². The molecular formula is C21H24O5. The maximum absolute atomic E-state index is 12.6. The second kappa shape index (κ2) is 7.70. The number of carbonyl (C=O) groups is 2. The quantitative estimate of drug-likeness (QED) is 0.325. The van der Waals surface area contributed by atoms with Crippen molar-refractivity contribution in [3.8, 4) is 0 Å². The minimum Gasteiger partial charge on any atom is -0.421 e. The van der Waals surface area contributed by atoms with E-state index in [0.717, 1.165) is 0 Å². The fourth-order valence-electron chi connectivity index (χ4n) is 2.23. The lowest BCUT2D eigenvalue weighted by Gasteiger charge is -2.26. The predicted octanol–water partition coefficient (Wildman–Crippen LogP) is 5.04. The van der Waals surface area contributed by atoms with Crippen LogP contribution < -0.4 is 0 Å². The zero-order chi connectivity index (χ0) is 19.4. The monoisotopic (exact) mass is 356 g/mol. The van der Waals surface area contributed by atoms with Crippen LogP contribution in [-0.2, 0) is 20.1 Å². The Balaban J connectivity index is 2.15. The van der Waals surface area contributed by atoms with Crippen molar-refractivity contribution in [2.75, 3.05) is 0 Å². The molecule has 26 heavy (non-hydrogen) atoms. The van der Waals surface area contributed by atoms with Crippen LogP contribution in [0.5, 0.6) is 0 Å². The summed E-state index contributed by atoms with van der Waals surface area (Å²) in [6.07, 6.45) is -0.940. The SMILES string of the molecule is CC(C)(C)OOC(=O)OC(C)(C)c1cccc(C(=O)c2ccccc2)c1. The maximum Gasteiger partial charge on any atom is 0.541 e. The van der Waals surface area contributed by atoms with Gasteiger partial charge in [-0.3, -0.25) is 9.68 Å². The summed E-state index contributed by atoms with van der Waals surface area (Å²) in [5.74, 6) is -0.0955. The Hall–Kier alpha value is -2.66. The molecule has 0 fully saturated rings. The predicted molar refractivity (Wildman–Crippen MR) is 97.7 cm³/mol. The number of carbonyl (C=O) groups excluding carboxylic acids is 2. The van der Waals surface area contributed by atoms with Crippen molar-refractivity contribution in [2.24, 2.45) is 0 Å². The molecule has 0 radical (unpaired) electrons. The highest BCUT2D eigenvalue weighted by Gasteiger charge is 2.28. The van der Waals surface area contributed by atoms with Crippen LogP contribution in [0.1, 0.15) is 56.1 Å². The van der Waals surface area contributed by atoms with E-state index in [1.165, 1.54) is 0 Å². The minimum absolute atomic E-state index is 0.0955. The van der Waals surface area contributed by atoms with E-state index < -0.39 is 17.4 Å². The molecular weight excluding hydrogens is 332 g/mol. The average Bonchev–Trinajstić information content (AvgIpc) is 2.59. The Labute approximate surface area is 153 Å². The molecule has 5 nitrogen and oxygen atoms in total. The van der Waals surface area contributed by atoms with E-state index in [9.17, 15) is 9.59 Å². The van der Waals surface area contributed by atoms with Crippen molar-refractivity contribution < 1.29 is 24.1 Å². The van der Waals surface area contributed by atoms with Gasteiger partial charge in [0.15, 0.2) is 5.78 Å². The van der Waals surface area contributed by atoms with E-state index in [1.807, 2.05) is 18.2 Å². The van der Waals surface area contributed by atoms with Gasteiger partial charge in [-0.2, -0.15) is 4.89 Å². The van der Waals surface area contributed by atoms with Crippen molar-refractivity contribution in [2.45, 2.75) is 45.8 Å². The highest BCUT2D eigenvalue weighted by molar-refractivity contribution is 6.09. The van der Waals surface area contributed by atoms with Gasteiger partial charge < -0.3 is 4.74 Å². The molecule has 0 aliphatic heterocycles. The summed E-state index contributed by atoms with van der Waals surface area (Å²) in [5.41, 5.74) is 0.161. The fourth-order valence-corrected chi connectivity index (χ4v) is 2.23. The molecule has 0 spiro atoms. The van der Waals surface area contributed by atoms with Gasteiger partial charge in [0.25, 0.3) is 0 Å². The minimum atomic E-state index is -0.995. The van der Waals surface area contributed by atoms with Gasteiger partial charge in [0.1, 0.15) is 11.2 Å². The third kappa shape index (κ3) is 5.43. The Kier molecular flexibility index (Phi) is 5.83. The van der Waals surface area contributed by atoms with Crippen LogP contribution in [0.4, 0.5) is 4.79 Å². The largest absolute Gasteiger partial charge is 0.541 e. The Bertz CT molecular complexity index is 772. The first-order valence-electron chi connectivity index (χ1n) is 8.37. The van der Waals surface area contributed by atoms with Gasteiger partial charge in [-0.15, -0.1) is 0 Å². The molecule has 2 aromatic carbocycles. The van der Waals surface area contributed by atoms with E-state index in [2.05, 4.69) is 4.89 Å². The summed E-state index contributed by atoms with van der Waals surface area (Å²) < 4.78 is 5.36. The van der Waals surface area contributed by atoms with E-state index in [1.54, 1.807) is 71.0 Å². The summed E-state index contributed by atoms with van der Waals surface area (Å²) in [6, 6.07) is 16.0. The first kappa shape index (κ1) is 19.7. The van der Waals surface area contributed by atoms with Crippen molar-refractivity contribution in [1.29, 1.82) is 0 Å². The lowest BCUT2D eigenvalue weighted by atomic mass is 9.93. The summed E-state index contributed by atoms with van der Waals surface area (Å²) in [6.45, 7) is 8.70. The van der Waals surface area contributed by atoms with E-state index in [-0.39, 0.29) is 5.78 Å². The number of benzene rings is 2. The summed E-state index contributed by atoms with van der Waals surface area (Å²) >= 11 is 0. The molecule has 0 heterocycles. The van der Waals surface area contributed by atoms with Crippen molar-refractivity contribution in [3.63, 3.8) is 0 Å². The Morgan fingerprint density at radius 3 is 2.04 bits per heavy atom. The van der Waals surface area contributed by atoms with Crippen molar-refractivity contribution in [1.82, 2.24) is 0 Å². The summed E-state index contributed by atoms with van der Waals surface area (Å²) in [7, 11) is 0. The highest BCUT2D eigenvalue weighted by Crippen LogP contribution is 2.27. The van der Waals surface area contributed by atoms with Gasteiger partial charge in [-0.05, 0) is 46.2 Å². The standard InChI is InChI=1S/C21H24O5/c1-20(2,3)26-25-19(23)24-21(4,5)17-13-9-12-16(14-17)18(22)15-10-7-6-8-11-15/h6-14H,1-5H3. The van der Waals surface area contributed by atoms with Gasteiger partial charge in [0.2, 0.25) is 0 Å². The average molecular weight is 356 g/mol. The first-order valence-corrected chi connectivity index (χ1v) is 8.37. The maximum atomic E-state index is 12.6. The van der Waals surface area contributed by atoms with Crippen LogP contribution in [0.2, 0.25) is 0 Å². The zero-order valence-electron chi connectivity index (χ0n) is 15.7. The smallest absolute Gasteiger partial charge is 0.421 e. The molecule has 2 rings (SSSR count). The number of rotatable bonds is 5. The summed E-state index contributed by atoms with van der Waals surface area (Å²) in [5, 5.41) is 0. The molecule has 5 heteroatoms. The second-order valence-electron chi connectivity index (χ2n) is 7.42. The van der Waals surface area contributed by atoms with Crippen LogP contribution in [0.15, 0.2) is 54.6 Å². The molecule has 0 aromatic heterocycles. The Morgan fingerprint density at radius 2 is 1.42 bits per heavy atom. The van der Waals surface area contributed by atoms with Gasteiger partial charge >= 0.3 is 6.16 Å². The van der Waals surface area contributed by atoms with Gasteiger partial charge in [0.05, 0.1) is 0 Å². The number of ether oxygens (including phenoxy) is 1. The molecule has 0 unspecified atom stereocenters. The normalized spacial score (nSPS) is 11.7. The van der Waals surface area contributed by atoms with E-state index in [4.69, 9.17) is 9.62 Å². The van der Waals surface area contributed by atoms with Crippen LogP contribution in [-0.4, -0.2) is 17.5 Å². The molecule has 0 bridgehead atoms. The first-order chi connectivity index (χ1) is 12.1. The molecule has 0 N–H and O–H groups in total. The lowest BCUT2D eigenvalue weighted by Crippen LogP contribution is -2.29. The molecule has 0 aliphatic rings. The topological polar surface area (TPSA) is 61.8 Å². The third-order valence-corrected chi connectivity index (χ3v) is 3.55. The second-order valence-corrected chi connectivity index (χ2v) is 7.42. The molecule has 2 aromatic rings. The van der Waals surface area contributed by atoms with Gasteiger partial charge in [-0.1, -0.05) is 48.5 Å². The van der Waals surface area contributed by atoms with Crippen LogP contribution in [0, 0.1) is 0 Å². The molecule has 0 aliphatic carbocycles.